The summed E-state index contributed by atoms with van der Waals surface area (Å²) >= 11 is 0. The topological polar surface area (TPSA) is 0 Å². The zero-order valence-electron chi connectivity index (χ0n) is 9.09. The van der Waals surface area contributed by atoms with Gasteiger partial charge < -0.3 is 0 Å². The van der Waals surface area contributed by atoms with Crippen molar-refractivity contribution in [3.8, 4) is 0 Å². The minimum atomic E-state index is 0.273. The highest BCUT2D eigenvalue weighted by Crippen LogP contribution is 2.25. The zero-order valence-corrected chi connectivity index (χ0v) is 10.2. The van der Waals surface area contributed by atoms with Crippen molar-refractivity contribution in [2.75, 3.05) is 0 Å². The van der Waals surface area contributed by atoms with Gasteiger partial charge >= 0.3 is 0 Å². The molecule has 12 heavy (non-hydrogen) atoms. The van der Waals surface area contributed by atoms with Gasteiger partial charge in [0, 0.05) is 0 Å². The van der Waals surface area contributed by atoms with Crippen LogP contribution in [0.5, 0.6) is 0 Å². The van der Waals surface area contributed by atoms with E-state index in [9.17, 15) is 0 Å². The largest absolute Gasteiger partial charge is 0.136 e. The van der Waals surface area contributed by atoms with Crippen LogP contribution in [0.15, 0.2) is 12.2 Å². The van der Waals surface area contributed by atoms with Crippen LogP contribution in [0.3, 0.4) is 0 Å². The lowest BCUT2D eigenvalue weighted by molar-refractivity contribution is 0.624. The number of rotatable bonds is 4. The Hall–Kier alpha value is 0.235. The zero-order chi connectivity index (χ0) is 9.78. The maximum absolute atomic E-state index is 2.93. The lowest BCUT2D eigenvalue weighted by Gasteiger charge is -2.25. The molecule has 0 saturated heterocycles. The number of allylic oxidation sites excluding steroid dienone is 2. The summed E-state index contributed by atoms with van der Waals surface area (Å²) < 4.78 is 0. The first-order chi connectivity index (χ1) is 5.36. The first kappa shape index (κ1) is 12.2. The minimum Gasteiger partial charge on any atom is -0.136 e. The maximum atomic E-state index is 2.93. The Kier molecular flexibility index (Phi) is 5.17. The van der Waals surface area contributed by atoms with Crippen LogP contribution < -0.4 is 0 Å². The van der Waals surface area contributed by atoms with Gasteiger partial charge in [0.15, 0.2) is 0 Å². The Balaban J connectivity index is 3.96. The molecule has 0 saturated carbocycles. The van der Waals surface area contributed by atoms with E-state index >= 15 is 0 Å². The van der Waals surface area contributed by atoms with E-state index < -0.39 is 0 Å². The van der Waals surface area contributed by atoms with Gasteiger partial charge in [-0.2, -0.15) is 0 Å². The lowest BCUT2D eigenvalue weighted by Crippen LogP contribution is -2.24. The van der Waals surface area contributed by atoms with Crippen LogP contribution in [0.1, 0.15) is 34.1 Å². The molecule has 0 aliphatic rings. The van der Waals surface area contributed by atoms with Crippen molar-refractivity contribution < 1.29 is 0 Å². The third-order valence-electron chi connectivity index (χ3n) is 2.33. The molecule has 0 rings (SSSR count). The smallest absolute Gasteiger partial charge is 0.119 e. The SMILES string of the molecule is BC(P)(/C=C/CC(C)C)C(C)C. The molecular formula is C10H22BP. The van der Waals surface area contributed by atoms with Crippen LogP contribution in [0.4, 0.5) is 0 Å². The molecule has 0 aromatic carbocycles. The third kappa shape index (κ3) is 4.98. The third-order valence-corrected chi connectivity index (χ3v) is 3.19. The van der Waals surface area contributed by atoms with E-state index in [1.54, 1.807) is 0 Å². The minimum absolute atomic E-state index is 0.273. The molecule has 2 atom stereocenters. The Labute approximate surface area is 80.8 Å². The van der Waals surface area contributed by atoms with E-state index in [4.69, 9.17) is 0 Å². The van der Waals surface area contributed by atoms with Crippen molar-refractivity contribution >= 4 is 17.1 Å². The highest BCUT2D eigenvalue weighted by molar-refractivity contribution is 7.22. The van der Waals surface area contributed by atoms with Crippen molar-refractivity contribution in [2.45, 2.75) is 39.2 Å². The number of hydrogen-bond donors (Lipinski definition) is 0. The van der Waals surface area contributed by atoms with Crippen LogP contribution in [0, 0.1) is 11.8 Å². The number of hydrogen-bond acceptors (Lipinski definition) is 0. The molecule has 0 bridgehead atoms. The van der Waals surface area contributed by atoms with Gasteiger partial charge in [-0.3, -0.25) is 0 Å². The average molecular weight is 184 g/mol. The Morgan fingerprint density at radius 3 is 2.17 bits per heavy atom. The molecule has 0 heterocycles. The molecule has 0 amide bonds. The molecule has 0 aromatic rings. The molecule has 0 radical (unpaired) electrons. The molecule has 0 aliphatic heterocycles. The van der Waals surface area contributed by atoms with E-state index in [-0.39, 0.29) is 5.06 Å². The van der Waals surface area contributed by atoms with E-state index in [0.29, 0.717) is 5.92 Å². The van der Waals surface area contributed by atoms with Gasteiger partial charge in [0.25, 0.3) is 0 Å². The van der Waals surface area contributed by atoms with Crippen molar-refractivity contribution in [3.05, 3.63) is 12.2 Å². The van der Waals surface area contributed by atoms with Gasteiger partial charge in [-0.15, -0.1) is 9.24 Å². The summed E-state index contributed by atoms with van der Waals surface area (Å²) in [6.45, 7) is 9.01. The predicted molar refractivity (Wildman–Crippen MR) is 64.4 cm³/mol. The fourth-order valence-corrected chi connectivity index (χ4v) is 0.923. The summed E-state index contributed by atoms with van der Waals surface area (Å²) in [7, 11) is 5.19. The summed E-state index contributed by atoms with van der Waals surface area (Å²) in [6, 6.07) is 0. The molecule has 0 spiro atoms. The van der Waals surface area contributed by atoms with Crippen LogP contribution in [-0.4, -0.2) is 12.9 Å². The quantitative estimate of drug-likeness (QED) is 0.357. The second-order valence-electron chi connectivity index (χ2n) is 4.55. The van der Waals surface area contributed by atoms with Gasteiger partial charge in [0.1, 0.15) is 7.85 Å². The van der Waals surface area contributed by atoms with E-state index in [2.05, 4.69) is 56.9 Å². The summed E-state index contributed by atoms with van der Waals surface area (Å²) in [6.07, 6.45) is 5.82. The molecule has 0 nitrogen and oxygen atoms in total. The molecule has 0 aliphatic carbocycles. The molecular weight excluding hydrogens is 162 g/mol. The molecule has 0 aromatic heterocycles. The molecule has 0 N–H and O–H groups in total. The van der Waals surface area contributed by atoms with Gasteiger partial charge in [-0.25, -0.2) is 0 Å². The van der Waals surface area contributed by atoms with Crippen molar-refractivity contribution in [1.82, 2.24) is 0 Å². The van der Waals surface area contributed by atoms with E-state index in [1.165, 1.54) is 6.42 Å². The van der Waals surface area contributed by atoms with Crippen LogP contribution in [0.25, 0.3) is 0 Å². The van der Waals surface area contributed by atoms with Crippen LogP contribution in [0.2, 0.25) is 0 Å². The Morgan fingerprint density at radius 1 is 1.33 bits per heavy atom. The standard InChI is InChI=1S/C10H22BP/c1-8(2)6-5-7-10(11,12)9(3)4/h5,7-9H,6,11-12H2,1-4H3/b7-5+. The van der Waals surface area contributed by atoms with Crippen molar-refractivity contribution in [1.29, 1.82) is 0 Å². The molecule has 70 valence electrons. The van der Waals surface area contributed by atoms with Crippen molar-refractivity contribution in [3.63, 3.8) is 0 Å². The highest BCUT2D eigenvalue weighted by Gasteiger charge is 2.18. The Morgan fingerprint density at radius 2 is 1.83 bits per heavy atom. The van der Waals surface area contributed by atoms with Gasteiger partial charge in [0.2, 0.25) is 0 Å². The average Bonchev–Trinajstić information content (AvgIpc) is 1.85. The highest BCUT2D eigenvalue weighted by atomic mass is 31.0. The van der Waals surface area contributed by atoms with E-state index in [1.807, 2.05) is 0 Å². The summed E-state index contributed by atoms with van der Waals surface area (Å²) in [5.41, 5.74) is 0. The fraction of sp³-hybridized carbons (Fsp3) is 0.800. The second-order valence-corrected chi connectivity index (χ2v) is 5.80. The van der Waals surface area contributed by atoms with Crippen LogP contribution >= 0.6 is 9.24 Å². The first-order valence-electron chi connectivity index (χ1n) is 4.83. The Bertz CT molecular complexity index is 148. The lowest BCUT2D eigenvalue weighted by atomic mass is 9.76. The summed E-state index contributed by atoms with van der Waals surface area (Å²) in [5, 5.41) is 0.273. The van der Waals surface area contributed by atoms with Gasteiger partial charge in [-0.1, -0.05) is 39.8 Å². The normalized spacial score (nSPS) is 17.6. The molecule has 2 heteroatoms. The second kappa shape index (κ2) is 5.07. The first-order valence-corrected chi connectivity index (χ1v) is 5.40. The summed E-state index contributed by atoms with van der Waals surface area (Å²) in [4.78, 5) is 0. The predicted octanol–water partition coefficient (Wildman–Crippen LogP) is 2.45. The fourth-order valence-electron chi connectivity index (χ4n) is 0.787. The molecule has 2 unspecified atom stereocenters. The van der Waals surface area contributed by atoms with Crippen LogP contribution in [-0.2, 0) is 0 Å². The van der Waals surface area contributed by atoms with E-state index in [0.717, 1.165) is 5.92 Å². The van der Waals surface area contributed by atoms with Crippen molar-refractivity contribution in [2.24, 2.45) is 11.8 Å². The van der Waals surface area contributed by atoms with Gasteiger partial charge in [-0.05, 0) is 23.3 Å². The molecule has 0 fully saturated rings. The van der Waals surface area contributed by atoms with Gasteiger partial charge in [0.05, 0.1) is 0 Å². The summed E-state index contributed by atoms with van der Waals surface area (Å²) in [5.74, 6) is 1.46. The maximum Gasteiger partial charge on any atom is 0.119 e. The monoisotopic (exact) mass is 184 g/mol.